The number of carbonyl (C=O) groups excluding carboxylic acids is 1. The predicted molar refractivity (Wildman–Crippen MR) is 73.2 cm³/mol. The van der Waals surface area contributed by atoms with Crippen LogP contribution in [-0.4, -0.2) is 16.3 Å². The second kappa shape index (κ2) is 6.12. The molecule has 0 spiro atoms. The SMILES string of the molecule is CC(Oc1ccc(Cl)cc1Cl)c1nnc(N=C=O)s1. The monoisotopic (exact) mass is 315 g/mol. The summed E-state index contributed by atoms with van der Waals surface area (Å²) in [6.07, 6.45) is 1.04. The Bertz CT molecular complexity index is 641. The van der Waals surface area contributed by atoms with E-state index in [9.17, 15) is 4.79 Å². The van der Waals surface area contributed by atoms with E-state index in [1.165, 1.54) is 6.08 Å². The summed E-state index contributed by atoms with van der Waals surface area (Å²) in [6.45, 7) is 1.79. The van der Waals surface area contributed by atoms with E-state index in [1.807, 2.05) is 0 Å². The van der Waals surface area contributed by atoms with Gasteiger partial charge in [-0.2, -0.15) is 0 Å². The van der Waals surface area contributed by atoms with Crippen molar-refractivity contribution in [1.29, 1.82) is 0 Å². The van der Waals surface area contributed by atoms with Gasteiger partial charge in [0.2, 0.25) is 11.2 Å². The summed E-state index contributed by atoms with van der Waals surface area (Å²) in [4.78, 5) is 13.5. The van der Waals surface area contributed by atoms with Crippen LogP contribution in [0.2, 0.25) is 10.0 Å². The highest BCUT2D eigenvalue weighted by Crippen LogP contribution is 2.32. The fourth-order valence-electron chi connectivity index (χ4n) is 1.29. The quantitative estimate of drug-likeness (QED) is 0.633. The lowest BCUT2D eigenvalue weighted by Gasteiger charge is -2.12. The van der Waals surface area contributed by atoms with Gasteiger partial charge in [-0.15, -0.1) is 15.2 Å². The number of rotatable bonds is 4. The highest BCUT2D eigenvalue weighted by molar-refractivity contribution is 7.15. The van der Waals surface area contributed by atoms with E-state index in [0.717, 1.165) is 11.3 Å². The molecule has 1 unspecified atom stereocenters. The molecule has 0 bridgehead atoms. The van der Waals surface area contributed by atoms with Gasteiger partial charge in [-0.05, 0) is 25.1 Å². The van der Waals surface area contributed by atoms with E-state index >= 15 is 0 Å². The van der Waals surface area contributed by atoms with Crippen molar-refractivity contribution >= 4 is 45.8 Å². The lowest BCUT2D eigenvalue weighted by atomic mass is 10.3. The third kappa shape index (κ3) is 3.52. The van der Waals surface area contributed by atoms with Crippen LogP contribution in [0.15, 0.2) is 23.2 Å². The summed E-state index contributed by atoms with van der Waals surface area (Å²) in [5, 5.41) is 9.36. The number of ether oxygens (including phenoxy) is 1. The van der Waals surface area contributed by atoms with Gasteiger partial charge in [0.15, 0.2) is 5.01 Å². The summed E-state index contributed by atoms with van der Waals surface area (Å²) < 4.78 is 5.65. The molecule has 0 fully saturated rings. The van der Waals surface area contributed by atoms with Gasteiger partial charge in [-0.3, -0.25) is 0 Å². The molecule has 0 saturated carbocycles. The van der Waals surface area contributed by atoms with Crippen LogP contribution in [0.5, 0.6) is 5.75 Å². The average molecular weight is 316 g/mol. The fourth-order valence-corrected chi connectivity index (χ4v) is 2.39. The third-order valence-corrected chi connectivity index (χ3v) is 3.63. The van der Waals surface area contributed by atoms with Crippen molar-refractivity contribution in [2.45, 2.75) is 13.0 Å². The van der Waals surface area contributed by atoms with Crippen LogP contribution in [0.4, 0.5) is 5.13 Å². The number of aliphatic imine (C=N–C) groups is 1. The van der Waals surface area contributed by atoms with E-state index < -0.39 is 0 Å². The van der Waals surface area contributed by atoms with Crippen molar-refractivity contribution in [3.05, 3.63) is 33.3 Å². The molecular weight excluding hydrogens is 309 g/mol. The number of benzene rings is 1. The zero-order valence-corrected chi connectivity index (χ0v) is 12.0. The van der Waals surface area contributed by atoms with Crippen LogP contribution in [0, 0.1) is 0 Å². The number of halogens is 2. The summed E-state index contributed by atoms with van der Waals surface area (Å²) in [5.41, 5.74) is 0. The molecule has 1 aromatic heterocycles. The van der Waals surface area contributed by atoms with E-state index in [2.05, 4.69) is 15.2 Å². The molecular formula is C11H7Cl2N3O2S. The van der Waals surface area contributed by atoms with E-state index in [4.69, 9.17) is 27.9 Å². The molecule has 0 amide bonds. The van der Waals surface area contributed by atoms with Gasteiger partial charge in [0, 0.05) is 5.02 Å². The zero-order valence-electron chi connectivity index (χ0n) is 9.63. The first-order valence-corrected chi connectivity index (χ1v) is 6.70. The predicted octanol–water partition coefficient (Wildman–Crippen LogP) is 3.95. The zero-order chi connectivity index (χ0) is 13.8. The Morgan fingerprint density at radius 1 is 1.42 bits per heavy atom. The number of isocyanates is 1. The van der Waals surface area contributed by atoms with Crippen LogP contribution >= 0.6 is 34.5 Å². The van der Waals surface area contributed by atoms with Gasteiger partial charge >= 0.3 is 0 Å². The maximum absolute atomic E-state index is 10.1. The Morgan fingerprint density at radius 3 is 2.89 bits per heavy atom. The van der Waals surface area contributed by atoms with Gasteiger partial charge in [0.1, 0.15) is 11.9 Å². The van der Waals surface area contributed by atoms with E-state index in [-0.39, 0.29) is 11.2 Å². The van der Waals surface area contributed by atoms with Crippen LogP contribution in [0.25, 0.3) is 0 Å². The second-order valence-corrected chi connectivity index (χ2v) is 5.29. The molecule has 1 atom stereocenters. The van der Waals surface area contributed by atoms with Gasteiger partial charge in [-0.25, -0.2) is 4.79 Å². The largest absolute Gasteiger partial charge is 0.482 e. The van der Waals surface area contributed by atoms with Crippen molar-refractivity contribution in [3.63, 3.8) is 0 Å². The van der Waals surface area contributed by atoms with Crippen molar-refractivity contribution < 1.29 is 9.53 Å². The highest BCUT2D eigenvalue weighted by atomic mass is 35.5. The molecule has 0 aliphatic heterocycles. The van der Waals surface area contributed by atoms with Gasteiger partial charge in [-0.1, -0.05) is 34.5 Å². The number of hydrogen-bond acceptors (Lipinski definition) is 6. The Labute approximate surface area is 122 Å². The molecule has 5 nitrogen and oxygen atoms in total. The first-order valence-electron chi connectivity index (χ1n) is 5.13. The lowest BCUT2D eigenvalue weighted by Crippen LogP contribution is -2.03. The minimum Gasteiger partial charge on any atom is -0.482 e. The molecule has 1 heterocycles. The van der Waals surface area contributed by atoms with Crippen LogP contribution < -0.4 is 4.74 Å². The van der Waals surface area contributed by atoms with Crippen molar-refractivity contribution in [2.24, 2.45) is 4.99 Å². The molecule has 0 radical (unpaired) electrons. The molecule has 19 heavy (non-hydrogen) atoms. The maximum Gasteiger partial charge on any atom is 0.242 e. The molecule has 0 saturated heterocycles. The molecule has 1 aromatic carbocycles. The fraction of sp³-hybridized carbons (Fsp3) is 0.182. The molecule has 0 N–H and O–H groups in total. The van der Waals surface area contributed by atoms with E-state index in [0.29, 0.717) is 20.8 Å². The first-order chi connectivity index (χ1) is 9.10. The number of nitrogens with zero attached hydrogens (tertiary/aromatic N) is 3. The minimum absolute atomic E-state index is 0.239. The summed E-state index contributed by atoms with van der Waals surface area (Å²) >= 11 is 13.0. The molecule has 8 heteroatoms. The molecule has 0 aliphatic carbocycles. The number of hydrogen-bond donors (Lipinski definition) is 0. The molecule has 0 aliphatic rings. The molecule has 2 aromatic rings. The normalized spacial score (nSPS) is 11.7. The lowest BCUT2D eigenvalue weighted by molar-refractivity contribution is 0.225. The Morgan fingerprint density at radius 2 is 2.21 bits per heavy atom. The van der Waals surface area contributed by atoms with E-state index in [1.54, 1.807) is 25.1 Å². The molecule has 2 rings (SSSR count). The Kier molecular flexibility index (Phi) is 4.50. The highest BCUT2D eigenvalue weighted by Gasteiger charge is 2.15. The average Bonchev–Trinajstić information content (AvgIpc) is 2.82. The number of aromatic nitrogens is 2. The first kappa shape index (κ1) is 14.0. The smallest absolute Gasteiger partial charge is 0.242 e. The Hall–Kier alpha value is -1.46. The topological polar surface area (TPSA) is 64.4 Å². The van der Waals surface area contributed by atoms with Crippen LogP contribution in [-0.2, 0) is 4.79 Å². The van der Waals surface area contributed by atoms with Gasteiger partial charge < -0.3 is 4.74 Å². The third-order valence-electron chi connectivity index (χ3n) is 2.12. The van der Waals surface area contributed by atoms with Gasteiger partial charge in [0.25, 0.3) is 0 Å². The van der Waals surface area contributed by atoms with Crippen molar-refractivity contribution in [3.8, 4) is 5.75 Å². The molecule has 98 valence electrons. The van der Waals surface area contributed by atoms with Crippen LogP contribution in [0.3, 0.4) is 0 Å². The van der Waals surface area contributed by atoms with Crippen molar-refractivity contribution in [1.82, 2.24) is 10.2 Å². The van der Waals surface area contributed by atoms with Crippen LogP contribution in [0.1, 0.15) is 18.0 Å². The summed E-state index contributed by atoms with van der Waals surface area (Å²) in [5.74, 6) is 0.495. The minimum atomic E-state index is -0.369. The van der Waals surface area contributed by atoms with Gasteiger partial charge in [0.05, 0.1) is 5.02 Å². The summed E-state index contributed by atoms with van der Waals surface area (Å²) in [6, 6.07) is 4.94. The standard InChI is InChI=1S/C11H7Cl2N3O2S/c1-6(10-15-16-11(19-10)14-5-17)18-9-3-2-7(12)4-8(9)13/h2-4,6H,1H3. The summed E-state index contributed by atoms with van der Waals surface area (Å²) in [7, 11) is 0. The maximum atomic E-state index is 10.1. The second-order valence-electron chi connectivity index (χ2n) is 3.46. The Balaban J connectivity index is 2.15. The van der Waals surface area contributed by atoms with Crippen molar-refractivity contribution in [2.75, 3.05) is 0 Å².